The third kappa shape index (κ3) is 6.20. The molecule has 1 aliphatic heterocycles. The predicted molar refractivity (Wildman–Crippen MR) is 98.5 cm³/mol. The summed E-state index contributed by atoms with van der Waals surface area (Å²) in [5.41, 5.74) is 0. The number of benzene rings is 1. The summed E-state index contributed by atoms with van der Waals surface area (Å²) in [6.07, 6.45) is -4.19. The number of piperazine rings is 1. The maximum atomic E-state index is 12.8. The summed E-state index contributed by atoms with van der Waals surface area (Å²) in [6.45, 7) is 3.89. The Kier molecular flexibility index (Phi) is 7.58. The normalized spacial score (nSPS) is 17.6. The number of ether oxygens (including phenoxy) is 2. The molecule has 1 N–H and O–H groups in total. The molecule has 1 atom stereocenters. The van der Waals surface area contributed by atoms with Crippen LogP contribution in [-0.2, 0) is 0 Å². The van der Waals surface area contributed by atoms with Gasteiger partial charge in [-0.1, -0.05) is 0 Å². The third-order valence-corrected chi connectivity index (χ3v) is 4.56. The first-order chi connectivity index (χ1) is 12.8. The molecule has 0 bridgehead atoms. The molecule has 0 aliphatic carbocycles. The Balaban J connectivity index is 1.73. The van der Waals surface area contributed by atoms with Gasteiger partial charge in [0.05, 0.1) is 13.7 Å². The van der Waals surface area contributed by atoms with E-state index in [9.17, 15) is 13.2 Å². The SMILES string of the molecule is CN=C(NCCOc1ccc(OC)cc1)N1CCN(C(C)C(F)(F)F)CC1. The molecule has 152 valence electrons. The highest BCUT2D eigenvalue weighted by molar-refractivity contribution is 5.80. The molecule has 1 unspecified atom stereocenters. The van der Waals surface area contributed by atoms with Crippen molar-refractivity contribution < 1.29 is 22.6 Å². The van der Waals surface area contributed by atoms with E-state index in [1.807, 2.05) is 29.2 Å². The summed E-state index contributed by atoms with van der Waals surface area (Å²) in [5, 5.41) is 3.19. The van der Waals surface area contributed by atoms with Crippen molar-refractivity contribution in [2.75, 3.05) is 53.5 Å². The quantitative estimate of drug-likeness (QED) is 0.460. The lowest BCUT2D eigenvalue weighted by molar-refractivity contribution is -0.181. The number of guanidine groups is 1. The van der Waals surface area contributed by atoms with Crippen molar-refractivity contribution in [3.05, 3.63) is 24.3 Å². The zero-order valence-corrected chi connectivity index (χ0v) is 15.9. The van der Waals surface area contributed by atoms with E-state index in [-0.39, 0.29) is 0 Å². The lowest BCUT2D eigenvalue weighted by Gasteiger charge is -2.39. The molecule has 9 heteroatoms. The van der Waals surface area contributed by atoms with Gasteiger partial charge in [0.15, 0.2) is 5.96 Å². The molecule has 2 rings (SSSR count). The summed E-state index contributed by atoms with van der Waals surface area (Å²) in [5.74, 6) is 2.18. The minimum absolute atomic E-state index is 0.351. The number of methoxy groups -OCH3 is 1. The van der Waals surface area contributed by atoms with Crippen LogP contribution in [0.4, 0.5) is 13.2 Å². The van der Waals surface area contributed by atoms with Crippen molar-refractivity contribution in [2.24, 2.45) is 4.99 Å². The van der Waals surface area contributed by atoms with E-state index in [4.69, 9.17) is 9.47 Å². The molecule has 1 saturated heterocycles. The Morgan fingerprint density at radius 3 is 2.26 bits per heavy atom. The molecule has 0 saturated carbocycles. The first-order valence-corrected chi connectivity index (χ1v) is 8.88. The smallest absolute Gasteiger partial charge is 0.403 e. The summed E-state index contributed by atoms with van der Waals surface area (Å²) in [7, 11) is 3.27. The van der Waals surface area contributed by atoms with E-state index in [2.05, 4.69) is 10.3 Å². The fourth-order valence-electron chi connectivity index (χ4n) is 2.86. The molecular formula is C18H27F3N4O2. The van der Waals surface area contributed by atoms with Gasteiger partial charge in [-0.15, -0.1) is 0 Å². The van der Waals surface area contributed by atoms with Crippen molar-refractivity contribution >= 4 is 5.96 Å². The van der Waals surface area contributed by atoms with Crippen molar-refractivity contribution in [1.29, 1.82) is 0 Å². The Labute approximate surface area is 157 Å². The van der Waals surface area contributed by atoms with Gasteiger partial charge in [-0.05, 0) is 31.2 Å². The van der Waals surface area contributed by atoms with Crippen molar-refractivity contribution in [3.63, 3.8) is 0 Å². The van der Waals surface area contributed by atoms with Crippen molar-refractivity contribution in [2.45, 2.75) is 19.1 Å². The van der Waals surface area contributed by atoms with Crippen LogP contribution in [0.25, 0.3) is 0 Å². The van der Waals surface area contributed by atoms with Gasteiger partial charge in [0, 0.05) is 33.2 Å². The Hall–Kier alpha value is -2.16. The number of nitrogens with one attached hydrogen (secondary N) is 1. The zero-order chi connectivity index (χ0) is 19.9. The number of aliphatic imine (C=N–C) groups is 1. The largest absolute Gasteiger partial charge is 0.497 e. The molecule has 1 aromatic rings. The molecule has 1 aliphatic rings. The maximum Gasteiger partial charge on any atom is 0.403 e. The van der Waals surface area contributed by atoms with Crippen LogP contribution in [0.1, 0.15) is 6.92 Å². The molecule has 0 spiro atoms. The van der Waals surface area contributed by atoms with Crippen LogP contribution < -0.4 is 14.8 Å². The average Bonchev–Trinajstić information content (AvgIpc) is 2.67. The summed E-state index contributed by atoms with van der Waals surface area (Å²) in [6, 6.07) is 5.88. The van der Waals surface area contributed by atoms with Gasteiger partial charge in [0.1, 0.15) is 24.1 Å². The van der Waals surface area contributed by atoms with Crippen LogP contribution in [0, 0.1) is 0 Å². The van der Waals surface area contributed by atoms with Gasteiger partial charge in [-0.25, -0.2) is 0 Å². The van der Waals surface area contributed by atoms with Crippen LogP contribution in [0.2, 0.25) is 0 Å². The Bertz CT molecular complexity index is 600. The number of nitrogens with zero attached hydrogens (tertiary/aromatic N) is 3. The highest BCUT2D eigenvalue weighted by Crippen LogP contribution is 2.25. The number of hydrogen-bond donors (Lipinski definition) is 1. The topological polar surface area (TPSA) is 49.3 Å². The van der Waals surface area contributed by atoms with E-state index in [0.29, 0.717) is 45.3 Å². The average molecular weight is 388 g/mol. The highest BCUT2D eigenvalue weighted by atomic mass is 19.4. The second kappa shape index (κ2) is 9.68. The van der Waals surface area contributed by atoms with Gasteiger partial charge in [-0.2, -0.15) is 13.2 Å². The van der Waals surface area contributed by atoms with Gasteiger partial charge in [-0.3, -0.25) is 9.89 Å². The number of hydrogen-bond acceptors (Lipinski definition) is 4. The molecule has 6 nitrogen and oxygen atoms in total. The number of rotatable bonds is 6. The van der Waals surface area contributed by atoms with Crippen LogP contribution in [0.5, 0.6) is 11.5 Å². The fourth-order valence-corrected chi connectivity index (χ4v) is 2.86. The number of halogens is 3. The Morgan fingerprint density at radius 1 is 1.15 bits per heavy atom. The van der Waals surface area contributed by atoms with Crippen molar-refractivity contribution in [1.82, 2.24) is 15.1 Å². The third-order valence-electron chi connectivity index (χ3n) is 4.56. The van der Waals surface area contributed by atoms with Crippen LogP contribution >= 0.6 is 0 Å². The second-order valence-corrected chi connectivity index (χ2v) is 6.24. The van der Waals surface area contributed by atoms with Crippen LogP contribution in [-0.4, -0.2) is 81.5 Å². The second-order valence-electron chi connectivity index (χ2n) is 6.24. The van der Waals surface area contributed by atoms with E-state index in [0.717, 1.165) is 11.5 Å². The molecular weight excluding hydrogens is 361 g/mol. The number of alkyl halides is 3. The summed E-state index contributed by atoms with van der Waals surface area (Å²) >= 11 is 0. The first kappa shape index (κ1) is 21.1. The van der Waals surface area contributed by atoms with E-state index >= 15 is 0 Å². The van der Waals surface area contributed by atoms with Gasteiger partial charge >= 0.3 is 6.18 Å². The minimum atomic E-state index is -4.19. The molecule has 1 heterocycles. The van der Waals surface area contributed by atoms with Gasteiger partial charge in [0.2, 0.25) is 0 Å². The maximum absolute atomic E-state index is 12.8. The molecule has 1 aromatic carbocycles. The molecule has 1 fully saturated rings. The monoisotopic (exact) mass is 388 g/mol. The summed E-state index contributed by atoms with van der Waals surface area (Å²) in [4.78, 5) is 7.64. The highest BCUT2D eigenvalue weighted by Gasteiger charge is 2.41. The first-order valence-electron chi connectivity index (χ1n) is 8.88. The standard InChI is InChI=1S/C18H27F3N4O2/c1-14(18(19,20)21)24-9-11-25(12-10-24)17(22-2)23-8-13-27-16-6-4-15(26-3)5-7-16/h4-7,14H,8-13H2,1-3H3,(H,22,23). The lowest BCUT2D eigenvalue weighted by Crippen LogP contribution is -2.57. The summed E-state index contributed by atoms with van der Waals surface area (Å²) < 4.78 is 49.2. The predicted octanol–water partition coefficient (Wildman–Crippen LogP) is 2.22. The van der Waals surface area contributed by atoms with Crippen molar-refractivity contribution in [3.8, 4) is 11.5 Å². The van der Waals surface area contributed by atoms with E-state index < -0.39 is 12.2 Å². The van der Waals surface area contributed by atoms with Gasteiger partial charge in [0.25, 0.3) is 0 Å². The van der Waals surface area contributed by atoms with Gasteiger partial charge < -0.3 is 19.7 Å². The molecule has 27 heavy (non-hydrogen) atoms. The van der Waals surface area contributed by atoms with Crippen LogP contribution in [0.3, 0.4) is 0 Å². The lowest BCUT2D eigenvalue weighted by atomic mass is 10.2. The zero-order valence-electron chi connectivity index (χ0n) is 15.9. The fraction of sp³-hybridized carbons (Fsp3) is 0.611. The van der Waals surface area contributed by atoms with Crippen LogP contribution in [0.15, 0.2) is 29.3 Å². The molecule has 0 radical (unpaired) electrons. The molecule has 0 amide bonds. The molecule has 0 aromatic heterocycles. The Morgan fingerprint density at radius 2 is 1.74 bits per heavy atom. The van der Waals surface area contributed by atoms with E-state index in [1.54, 1.807) is 14.2 Å². The minimum Gasteiger partial charge on any atom is -0.497 e. The van der Waals surface area contributed by atoms with E-state index in [1.165, 1.54) is 11.8 Å².